The fourth-order valence-corrected chi connectivity index (χ4v) is 2.39. The Balaban J connectivity index is 1.80. The van der Waals surface area contributed by atoms with Crippen LogP contribution in [0.5, 0.6) is 0 Å². The highest BCUT2D eigenvalue weighted by Gasteiger charge is 2.52. The molecule has 1 aromatic rings. The lowest BCUT2D eigenvalue weighted by molar-refractivity contribution is 0.00578. The van der Waals surface area contributed by atoms with Crippen molar-refractivity contribution in [2.24, 2.45) is 5.73 Å². The molecule has 1 atom stereocenters. The van der Waals surface area contributed by atoms with E-state index in [1.165, 1.54) is 12.1 Å². The first-order valence-electron chi connectivity index (χ1n) is 7.57. The molecule has 1 fully saturated rings. The van der Waals surface area contributed by atoms with Crippen molar-refractivity contribution < 1.29 is 13.7 Å². The molecule has 1 heterocycles. The SMILES string of the molecule is CC1(C)OB([C@@H](N)CCCc2ccc(F)cc2)OC1(C)C. The third-order valence-corrected chi connectivity index (χ3v) is 4.54. The van der Waals surface area contributed by atoms with Crippen LogP contribution in [-0.2, 0) is 15.7 Å². The second-order valence-electron chi connectivity index (χ2n) is 6.81. The molecule has 2 rings (SSSR count). The molecule has 21 heavy (non-hydrogen) atoms. The molecule has 0 aliphatic carbocycles. The molecule has 116 valence electrons. The maximum Gasteiger partial charge on any atom is 0.475 e. The maximum absolute atomic E-state index is 12.8. The van der Waals surface area contributed by atoms with Gasteiger partial charge in [-0.05, 0) is 64.7 Å². The van der Waals surface area contributed by atoms with Crippen molar-refractivity contribution in [3.8, 4) is 0 Å². The number of aryl methyl sites for hydroxylation is 1. The van der Waals surface area contributed by atoms with Crippen LogP contribution in [0.25, 0.3) is 0 Å². The summed E-state index contributed by atoms with van der Waals surface area (Å²) in [5.41, 5.74) is 6.64. The van der Waals surface area contributed by atoms with Crippen molar-refractivity contribution in [2.75, 3.05) is 0 Å². The molecule has 1 aliphatic rings. The van der Waals surface area contributed by atoms with Crippen LogP contribution in [0, 0.1) is 5.82 Å². The van der Waals surface area contributed by atoms with Crippen LogP contribution < -0.4 is 5.73 Å². The Labute approximate surface area is 127 Å². The van der Waals surface area contributed by atoms with Crippen LogP contribution in [0.1, 0.15) is 46.1 Å². The normalized spacial score (nSPS) is 21.5. The summed E-state index contributed by atoms with van der Waals surface area (Å²) >= 11 is 0. The van der Waals surface area contributed by atoms with Crippen molar-refractivity contribution in [1.82, 2.24) is 0 Å². The summed E-state index contributed by atoms with van der Waals surface area (Å²) < 4.78 is 24.7. The van der Waals surface area contributed by atoms with E-state index in [1.54, 1.807) is 0 Å². The van der Waals surface area contributed by atoms with Crippen molar-refractivity contribution in [1.29, 1.82) is 0 Å². The number of benzene rings is 1. The van der Waals surface area contributed by atoms with Gasteiger partial charge in [0.25, 0.3) is 0 Å². The van der Waals surface area contributed by atoms with Crippen LogP contribution in [0.3, 0.4) is 0 Å². The highest BCUT2D eigenvalue weighted by atomic mass is 19.1. The first-order chi connectivity index (χ1) is 9.71. The standard InChI is InChI=1S/C16H25BFNO2/c1-15(2)16(3,4)21-17(20-15)14(19)7-5-6-12-8-10-13(18)11-9-12/h8-11,14H,5-7,19H2,1-4H3/t14-/m0/s1. The van der Waals surface area contributed by atoms with Gasteiger partial charge in [0.1, 0.15) is 5.82 Å². The van der Waals surface area contributed by atoms with E-state index in [-0.39, 0.29) is 30.1 Å². The van der Waals surface area contributed by atoms with Gasteiger partial charge in [-0.1, -0.05) is 12.1 Å². The van der Waals surface area contributed by atoms with Crippen LogP contribution in [0.4, 0.5) is 4.39 Å². The lowest BCUT2D eigenvalue weighted by atomic mass is 9.76. The van der Waals surface area contributed by atoms with Gasteiger partial charge < -0.3 is 15.0 Å². The van der Waals surface area contributed by atoms with Gasteiger partial charge in [0.2, 0.25) is 0 Å². The monoisotopic (exact) mass is 293 g/mol. The zero-order valence-electron chi connectivity index (χ0n) is 13.4. The second-order valence-corrected chi connectivity index (χ2v) is 6.81. The summed E-state index contributed by atoms with van der Waals surface area (Å²) in [6, 6.07) is 6.61. The van der Waals surface area contributed by atoms with Crippen molar-refractivity contribution in [3.63, 3.8) is 0 Å². The summed E-state index contributed by atoms with van der Waals surface area (Å²) in [6.45, 7) is 8.10. The molecule has 0 saturated carbocycles. The first-order valence-corrected chi connectivity index (χ1v) is 7.57. The van der Waals surface area contributed by atoms with Gasteiger partial charge in [0.15, 0.2) is 0 Å². The average molecular weight is 293 g/mol. The van der Waals surface area contributed by atoms with E-state index in [0.717, 1.165) is 24.8 Å². The third kappa shape index (κ3) is 3.85. The van der Waals surface area contributed by atoms with Crippen molar-refractivity contribution >= 4 is 7.12 Å². The second kappa shape index (κ2) is 6.07. The van der Waals surface area contributed by atoms with Gasteiger partial charge in [-0.2, -0.15) is 0 Å². The topological polar surface area (TPSA) is 44.5 Å². The molecular formula is C16H25BFNO2. The van der Waals surface area contributed by atoms with Crippen molar-refractivity contribution in [3.05, 3.63) is 35.6 Å². The van der Waals surface area contributed by atoms with Crippen LogP contribution >= 0.6 is 0 Å². The molecule has 0 spiro atoms. The van der Waals surface area contributed by atoms with E-state index < -0.39 is 0 Å². The Morgan fingerprint density at radius 1 is 1.10 bits per heavy atom. The first kappa shape index (κ1) is 16.5. The van der Waals surface area contributed by atoms with Crippen molar-refractivity contribution in [2.45, 2.75) is 64.1 Å². The van der Waals surface area contributed by atoms with E-state index in [2.05, 4.69) is 0 Å². The Kier molecular flexibility index (Phi) is 4.76. The number of hydrogen-bond acceptors (Lipinski definition) is 3. The molecule has 0 radical (unpaired) electrons. The highest BCUT2D eigenvalue weighted by molar-refractivity contribution is 6.47. The van der Waals surface area contributed by atoms with Crippen LogP contribution in [0.15, 0.2) is 24.3 Å². The lowest BCUT2D eigenvalue weighted by Crippen LogP contribution is -2.41. The Morgan fingerprint density at radius 3 is 2.14 bits per heavy atom. The van der Waals surface area contributed by atoms with E-state index in [0.29, 0.717) is 0 Å². The van der Waals surface area contributed by atoms with Gasteiger partial charge in [-0.25, -0.2) is 4.39 Å². The largest absolute Gasteiger partial charge is 0.475 e. The molecule has 0 bridgehead atoms. The predicted molar refractivity (Wildman–Crippen MR) is 83.4 cm³/mol. The Bertz CT molecular complexity index is 460. The van der Waals surface area contributed by atoms with E-state index in [4.69, 9.17) is 15.0 Å². The van der Waals surface area contributed by atoms with Gasteiger partial charge in [-0.15, -0.1) is 0 Å². The highest BCUT2D eigenvalue weighted by Crippen LogP contribution is 2.37. The lowest BCUT2D eigenvalue weighted by Gasteiger charge is -2.32. The Morgan fingerprint density at radius 2 is 1.62 bits per heavy atom. The van der Waals surface area contributed by atoms with Gasteiger partial charge in [0, 0.05) is 5.94 Å². The number of nitrogens with two attached hydrogens (primary N) is 1. The fourth-order valence-electron chi connectivity index (χ4n) is 2.39. The molecule has 1 saturated heterocycles. The zero-order valence-corrected chi connectivity index (χ0v) is 13.4. The molecule has 0 amide bonds. The van der Waals surface area contributed by atoms with E-state index >= 15 is 0 Å². The quantitative estimate of drug-likeness (QED) is 0.848. The van der Waals surface area contributed by atoms with Crippen LogP contribution in [-0.4, -0.2) is 24.3 Å². The molecule has 3 nitrogen and oxygen atoms in total. The minimum absolute atomic E-state index is 0.147. The summed E-state index contributed by atoms with van der Waals surface area (Å²) in [5, 5.41) is 0. The minimum Gasteiger partial charge on any atom is -0.402 e. The smallest absolute Gasteiger partial charge is 0.402 e. The predicted octanol–water partition coefficient (Wildman–Crippen LogP) is 3.11. The average Bonchev–Trinajstić information content (AvgIpc) is 2.61. The molecule has 0 unspecified atom stereocenters. The summed E-state index contributed by atoms with van der Waals surface area (Å²) in [6.07, 6.45) is 2.62. The zero-order chi connectivity index (χ0) is 15.7. The van der Waals surface area contributed by atoms with E-state index in [9.17, 15) is 4.39 Å². The number of rotatable bonds is 5. The number of hydrogen-bond donors (Lipinski definition) is 1. The third-order valence-electron chi connectivity index (χ3n) is 4.54. The summed E-state index contributed by atoms with van der Waals surface area (Å²) in [7, 11) is -0.358. The minimum atomic E-state index is -0.358. The van der Waals surface area contributed by atoms with Gasteiger partial charge in [0.05, 0.1) is 11.2 Å². The molecule has 5 heteroatoms. The number of halogens is 1. The molecular weight excluding hydrogens is 268 g/mol. The maximum atomic E-state index is 12.8. The summed E-state index contributed by atoms with van der Waals surface area (Å²) in [4.78, 5) is 0. The molecule has 0 aromatic heterocycles. The molecule has 1 aromatic carbocycles. The fraction of sp³-hybridized carbons (Fsp3) is 0.625. The molecule has 1 aliphatic heterocycles. The Hall–Kier alpha value is -0.905. The summed E-state index contributed by atoms with van der Waals surface area (Å²) in [5.74, 6) is -0.348. The van der Waals surface area contributed by atoms with E-state index in [1.807, 2.05) is 39.8 Å². The van der Waals surface area contributed by atoms with Gasteiger partial charge in [-0.3, -0.25) is 0 Å². The van der Waals surface area contributed by atoms with Gasteiger partial charge >= 0.3 is 7.12 Å². The van der Waals surface area contributed by atoms with Crippen LogP contribution in [0.2, 0.25) is 0 Å². The molecule has 2 N–H and O–H groups in total.